The zero-order chi connectivity index (χ0) is 8.43. The SMILES string of the molecule is Nc1ccc(C(=O)Cl)cc1Cl. The van der Waals surface area contributed by atoms with Crippen molar-refractivity contribution in [3.8, 4) is 0 Å². The third-order valence-corrected chi connectivity index (χ3v) is 1.77. The molecule has 0 saturated heterocycles. The summed E-state index contributed by atoms with van der Waals surface area (Å²) >= 11 is 10.8. The first kappa shape index (κ1) is 8.37. The van der Waals surface area contributed by atoms with Gasteiger partial charge in [0.25, 0.3) is 5.24 Å². The van der Waals surface area contributed by atoms with Gasteiger partial charge in [-0.05, 0) is 29.8 Å². The van der Waals surface area contributed by atoms with Gasteiger partial charge in [0.15, 0.2) is 0 Å². The molecular formula is C7H5Cl2NO. The highest BCUT2D eigenvalue weighted by molar-refractivity contribution is 6.67. The summed E-state index contributed by atoms with van der Waals surface area (Å²) in [5, 5.41) is -0.191. The first-order valence-corrected chi connectivity index (χ1v) is 3.61. The second-order valence-corrected chi connectivity index (χ2v) is 2.76. The van der Waals surface area contributed by atoms with Gasteiger partial charge >= 0.3 is 0 Å². The molecule has 0 saturated carbocycles. The lowest BCUT2D eigenvalue weighted by atomic mass is 10.2. The average Bonchev–Trinajstić information content (AvgIpc) is 1.94. The van der Waals surface area contributed by atoms with Gasteiger partial charge in [-0.2, -0.15) is 0 Å². The van der Waals surface area contributed by atoms with Crippen LogP contribution in [0.3, 0.4) is 0 Å². The maximum Gasteiger partial charge on any atom is 0.252 e. The number of hydrogen-bond donors (Lipinski definition) is 1. The van der Waals surface area contributed by atoms with Crippen LogP contribution in [-0.4, -0.2) is 5.24 Å². The Morgan fingerprint density at radius 3 is 2.55 bits per heavy atom. The lowest BCUT2D eigenvalue weighted by Gasteiger charge is -1.97. The Kier molecular flexibility index (Phi) is 2.37. The van der Waals surface area contributed by atoms with Gasteiger partial charge < -0.3 is 5.73 Å². The highest BCUT2D eigenvalue weighted by Gasteiger charge is 2.03. The van der Waals surface area contributed by atoms with E-state index in [2.05, 4.69) is 0 Å². The molecule has 11 heavy (non-hydrogen) atoms. The van der Waals surface area contributed by atoms with Crippen LogP contribution in [0.1, 0.15) is 10.4 Å². The zero-order valence-electron chi connectivity index (χ0n) is 5.47. The minimum atomic E-state index is -0.535. The smallest absolute Gasteiger partial charge is 0.252 e. The monoisotopic (exact) mass is 189 g/mol. The fourth-order valence-corrected chi connectivity index (χ4v) is 0.947. The molecule has 0 spiro atoms. The zero-order valence-corrected chi connectivity index (χ0v) is 6.99. The molecule has 1 aromatic rings. The molecule has 0 unspecified atom stereocenters. The fraction of sp³-hybridized carbons (Fsp3) is 0. The van der Waals surface area contributed by atoms with E-state index in [-0.39, 0.29) is 0 Å². The Morgan fingerprint density at radius 1 is 1.45 bits per heavy atom. The maximum absolute atomic E-state index is 10.6. The van der Waals surface area contributed by atoms with Crippen LogP contribution in [0.2, 0.25) is 5.02 Å². The lowest BCUT2D eigenvalue weighted by molar-refractivity contribution is 0.108. The van der Waals surface area contributed by atoms with Crippen molar-refractivity contribution in [1.29, 1.82) is 0 Å². The average molecular weight is 190 g/mol. The van der Waals surface area contributed by atoms with E-state index in [4.69, 9.17) is 28.9 Å². The van der Waals surface area contributed by atoms with Crippen molar-refractivity contribution in [2.75, 3.05) is 5.73 Å². The standard InChI is InChI=1S/C7H5Cl2NO/c8-5-3-4(7(9)11)1-2-6(5)10/h1-3H,10H2. The predicted molar refractivity (Wildman–Crippen MR) is 46.0 cm³/mol. The summed E-state index contributed by atoms with van der Waals surface area (Å²) in [4.78, 5) is 10.6. The third-order valence-electron chi connectivity index (χ3n) is 1.23. The van der Waals surface area contributed by atoms with E-state index in [1.165, 1.54) is 18.2 Å². The van der Waals surface area contributed by atoms with E-state index < -0.39 is 5.24 Å². The number of carbonyl (C=O) groups is 1. The molecule has 4 heteroatoms. The summed E-state index contributed by atoms with van der Waals surface area (Å²) in [5.74, 6) is 0. The van der Waals surface area contributed by atoms with Crippen molar-refractivity contribution in [3.63, 3.8) is 0 Å². The van der Waals surface area contributed by atoms with Crippen molar-refractivity contribution in [1.82, 2.24) is 0 Å². The van der Waals surface area contributed by atoms with Gasteiger partial charge in [0.2, 0.25) is 0 Å². The van der Waals surface area contributed by atoms with Crippen LogP contribution in [0, 0.1) is 0 Å². The second-order valence-electron chi connectivity index (χ2n) is 2.01. The van der Waals surface area contributed by atoms with Gasteiger partial charge in [-0.3, -0.25) is 4.79 Å². The molecule has 0 aromatic heterocycles. The highest BCUT2D eigenvalue weighted by atomic mass is 35.5. The molecular weight excluding hydrogens is 185 g/mol. The summed E-state index contributed by atoms with van der Waals surface area (Å²) in [6, 6.07) is 4.50. The number of nitrogens with two attached hydrogens (primary N) is 1. The van der Waals surface area contributed by atoms with E-state index in [1.807, 2.05) is 0 Å². The number of anilines is 1. The van der Waals surface area contributed by atoms with Crippen LogP contribution >= 0.6 is 23.2 Å². The van der Waals surface area contributed by atoms with E-state index in [9.17, 15) is 4.79 Å². The summed E-state index contributed by atoms with van der Waals surface area (Å²) in [6.45, 7) is 0. The molecule has 0 aliphatic carbocycles. The van der Waals surface area contributed by atoms with Crippen LogP contribution in [0.15, 0.2) is 18.2 Å². The molecule has 0 heterocycles. The Bertz CT molecular complexity index is 298. The van der Waals surface area contributed by atoms with Gasteiger partial charge in [0.1, 0.15) is 0 Å². The fourth-order valence-electron chi connectivity index (χ4n) is 0.649. The first-order valence-electron chi connectivity index (χ1n) is 2.86. The molecule has 0 bridgehead atoms. The van der Waals surface area contributed by atoms with E-state index in [1.54, 1.807) is 0 Å². The van der Waals surface area contributed by atoms with E-state index >= 15 is 0 Å². The van der Waals surface area contributed by atoms with E-state index in [0.717, 1.165) is 0 Å². The molecule has 0 fully saturated rings. The van der Waals surface area contributed by atoms with Gasteiger partial charge in [0, 0.05) is 5.56 Å². The van der Waals surface area contributed by atoms with Gasteiger partial charge in [-0.15, -0.1) is 0 Å². The normalized spacial score (nSPS) is 9.64. The summed E-state index contributed by atoms with van der Waals surface area (Å²) in [7, 11) is 0. The number of rotatable bonds is 1. The first-order chi connectivity index (χ1) is 5.11. The van der Waals surface area contributed by atoms with Crippen LogP contribution < -0.4 is 5.73 Å². The molecule has 0 aliphatic heterocycles. The van der Waals surface area contributed by atoms with Crippen molar-refractivity contribution < 1.29 is 4.79 Å². The number of halogens is 2. The van der Waals surface area contributed by atoms with Gasteiger partial charge in [0.05, 0.1) is 10.7 Å². The Hall–Kier alpha value is -0.730. The topological polar surface area (TPSA) is 43.1 Å². The molecule has 0 atom stereocenters. The van der Waals surface area contributed by atoms with Crippen LogP contribution in [0.25, 0.3) is 0 Å². The summed E-state index contributed by atoms with van der Waals surface area (Å²) in [6.07, 6.45) is 0. The molecule has 0 aliphatic rings. The highest BCUT2D eigenvalue weighted by Crippen LogP contribution is 2.20. The quantitative estimate of drug-likeness (QED) is 0.545. The molecule has 0 radical (unpaired) electrons. The second kappa shape index (κ2) is 3.11. The Balaban J connectivity index is 3.15. The molecule has 58 valence electrons. The van der Waals surface area contributed by atoms with Crippen molar-refractivity contribution in [3.05, 3.63) is 28.8 Å². The van der Waals surface area contributed by atoms with Crippen LogP contribution in [0.5, 0.6) is 0 Å². The molecule has 2 nitrogen and oxygen atoms in total. The number of nitrogen functional groups attached to an aromatic ring is 1. The van der Waals surface area contributed by atoms with Crippen molar-refractivity contribution >= 4 is 34.1 Å². The summed E-state index contributed by atoms with van der Waals surface area (Å²) in [5.41, 5.74) is 6.19. The summed E-state index contributed by atoms with van der Waals surface area (Å²) < 4.78 is 0. The Morgan fingerprint density at radius 2 is 2.09 bits per heavy atom. The molecule has 1 rings (SSSR count). The van der Waals surface area contributed by atoms with E-state index in [0.29, 0.717) is 16.3 Å². The predicted octanol–water partition coefficient (Wildman–Crippen LogP) is 2.30. The van der Waals surface area contributed by atoms with Crippen LogP contribution in [0.4, 0.5) is 5.69 Å². The number of hydrogen-bond acceptors (Lipinski definition) is 2. The van der Waals surface area contributed by atoms with Gasteiger partial charge in [-0.25, -0.2) is 0 Å². The Labute approximate surface area is 73.9 Å². The number of benzene rings is 1. The molecule has 0 amide bonds. The third kappa shape index (κ3) is 1.85. The van der Waals surface area contributed by atoms with Crippen molar-refractivity contribution in [2.24, 2.45) is 0 Å². The van der Waals surface area contributed by atoms with Crippen LogP contribution in [-0.2, 0) is 0 Å². The molecule has 1 aromatic carbocycles. The van der Waals surface area contributed by atoms with Gasteiger partial charge in [-0.1, -0.05) is 11.6 Å². The maximum atomic E-state index is 10.6. The van der Waals surface area contributed by atoms with Crippen molar-refractivity contribution in [2.45, 2.75) is 0 Å². The minimum Gasteiger partial charge on any atom is -0.398 e. The minimum absolute atomic E-state index is 0.344. The largest absolute Gasteiger partial charge is 0.398 e. The molecule has 2 N–H and O–H groups in total. The number of carbonyl (C=O) groups excluding carboxylic acids is 1. The lowest BCUT2D eigenvalue weighted by Crippen LogP contribution is -1.91.